The van der Waals surface area contributed by atoms with E-state index >= 15 is 0 Å². The predicted octanol–water partition coefficient (Wildman–Crippen LogP) is -0.423. The maximum Gasteiger partial charge on any atom is 0.414 e. The van der Waals surface area contributed by atoms with Crippen LogP contribution in [-0.2, 0) is 25.7 Å². The van der Waals surface area contributed by atoms with E-state index in [0.29, 0.717) is 6.04 Å². The number of pyridine rings is 1. The van der Waals surface area contributed by atoms with Gasteiger partial charge in [0.2, 0.25) is 0 Å². The first-order valence-electron chi connectivity index (χ1n) is 7.86. The van der Waals surface area contributed by atoms with Crippen molar-refractivity contribution in [3.8, 4) is 0 Å². The molecule has 2 heterocycles. The second-order valence-electron chi connectivity index (χ2n) is 5.53. The Morgan fingerprint density at radius 1 is 0.963 bits per heavy atom. The first kappa shape index (κ1) is 23.9. The number of carbonyl (C=O) groups is 4. The smallest absolute Gasteiger partial charge is 0.414 e. The van der Waals surface area contributed by atoms with Gasteiger partial charge < -0.3 is 30.6 Å². The van der Waals surface area contributed by atoms with Gasteiger partial charge in [-0.3, -0.25) is 4.98 Å². The lowest BCUT2D eigenvalue weighted by molar-refractivity contribution is -0.159. The molecule has 5 N–H and O–H groups in total. The summed E-state index contributed by atoms with van der Waals surface area (Å²) in [6.07, 6.45) is 6.24. The fourth-order valence-corrected chi connectivity index (χ4v) is 1.98. The van der Waals surface area contributed by atoms with E-state index in [1.54, 1.807) is 0 Å². The van der Waals surface area contributed by atoms with Gasteiger partial charge in [0.1, 0.15) is 0 Å². The number of carboxylic acids is 4. The molecule has 11 heteroatoms. The van der Waals surface area contributed by atoms with Crippen LogP contribution < -0.4 is 5.32 Å². The monoisotopic (exact) mass is 385 g/mol. The minimum Gasteiger partial charge on any atom is -0.473 e. The highest BCUT2D eigenvalue weighted by Gasteiger charge is 2.15. The van der Waals surface area contributed by atoms with Crippen LogP contribution in [0, 0.1) is 0 Å². The zero-order valence-corrected chi connectivity index (χ0v) is 14.7. The van der Waals surface area contributed by atoms with E-state index in [1.165, 1.54) is 31.5 Å². The average Bonchev–Trinajstić information content (AvgIpc) is 2.63. The Morgan fingerprint density at radius 3 is 1.74 bits per heavy atom. The van der Waals surface area contributed by atoms with Crippen LogP contribution in [0.4, 0.5) is 0 Å². The number of rotatable bonds is 3. The van der Waals surface area contributed by atoms with E-state index in [0.717, 1.165) is 6.54 Å². The number of aliphatic carboxylic acids is 4. The number of carboxylic acid groups (broad SMARTS) is 4. The highest BCUT2D eigenvalue weighted by atomic mass is 16.4. The van der Waals surface area contributed by atoms with Crippen molar-refractivity contribution in [1.29, 1.82) is 0 Å². The molecular formula is C16H23N3O8. The number of hydrogen-bond acceptors (Lipinski definition) is 7. The zero-order chi connectivity index (χ0) is 20.8. The molecule has 27 heavy (non-hydrogen) atoms. The van der Waals surface area contributed by atoms with Gasteiger partial charge >= 0.3 is 23.9 Å². The highest BCUT2D eigenvalue weighted by molar-refractivity contribution is 6.27. The van der Waals surface area contributed by atoms with Crippen LogP contribution in [0.1, 0.15) is 18.4 Å². The van der Waals surface area contributed by atoms with Gasteiger partial charge in [-0.25, -0.2) is 19.2 Å². The van der Waals surface area contributed by atoms with Crippen LogP contribution in [0.3, 0.4) is 0 Å². The number of piperidine rings is 1. The molecule has 0 amide bonds. The van der Waals surface area contributed by atoms with E-state index < -0.39 is 23.9 Å². The van der Waals surface area contributed by atoms with Crippen molar-refractivity contribution in [2.45, 2.75) is 25.4 Å². The number of hydrogen-bond donors (Lipinski definition) is 5. The van der Waals surface area contributed by atoms with Gasteiger partial charge in [-0.15, -0.1) is 0 Å². The lowest BCUT2D eigenvalue weighted by Crippen LogP contribution is -2.40. The second-order valence-corrected chi connectivity index (χ2v) is 5.53. The molecule has 1 aromatic heterocycles. The molecule has 0 atom stereocenters. The Balaban J connectivity index is 0.000000470. The Morgan fingerprint density at radius 2 is 1.37 bits per heavy atom. The molecule has 0 aromatic carbocycles. The van der Waals surface area contributed by atoms with Crippen molar-refractivity contribution < 1.29 is 39.6 Å². The Kier molecular flexibility index (Phi) is 11.7. The molecule has 0 saturated carbocycles. The highest BCUT2D eigenvalue weighted by Crippen LogP contribution is 2.09. The van der Waals surface area contributed by atoms with Gasteiger partial charge in [-0.1, -0.05) is 0 Å². The van der Waals surface area contributed by atoms with Crippen LogP contribution in [0.5, 0.6) is 0 Å². The van der Waals surface area contributed by atoms with Crippen LogP contribution in [0.15, 0.2) is 24.5 Å². The molecular weight excluding hydrogens is 362 g/mol. The molecule has 2 rings (SSSR count). The normalized spacial score (nSPS) is 14.0. The van der Waals surface area contributed by atoms with Crippen molar-refractivity contribution in [2.24, 2.45) is 0 Å². The minimum absolute atomic E-state index is 0.689. The molecule has 0 aliphatic carbocycles. The Labute approximate surface area is 155 Å². The molecule has 1 aliphatic heterocycles. The number of likely N-dealkylation sites (tertiary alicyclic amines) is 1. The lowest BCUT2D eigenvalue weighted by atomic mass is 10.1. The SMILES string of the molecule is CN1CCC(NCc2ccncc2)CC1.O=C(O)C(=O)O.O=C(O)C(=O)O. The minimum atomic E-state index is -1.82. The van der Waals surface area contributed by atoms with Crippen LogP contribution in [0.25, 0.3) is 0 Å². The van der Waals surface area contributed by atoms with E-state index in [-0.39, 0.29) is 0 Å². The molecule has 1 fully saturated rings. The quantitative estimate of drug-likeness (QED) is 0.427. The average molecular weight is 385 g/mol. The van der Waals surface area contributed by atoms with Gasteiger partial charge in [-0.2, -0.15) is 0 Å². The third kappa shape index (κ3) is 12.9. The van der Waals surface area contributed by atoms with Gasteiger partial charge in [0.05, 0.1) is 0 Å². The maximum absolute atomic E-state index is 9.10. The maximum atomic E-state index is 9.10. The second kappa shape index (κ2) is 13.2. The Hall–Kier alpha value is -3.05. The summed E-state index contributed by atoms with van der Waals surface area (Å²) < 4.78 is 0. The fourth-order valence-electron chi connectivity index (χ4n) is 1.98. The molecule has 0 unspecified atom stereocenters. The molecule has 1 aliphatic rings. The van der Waals surface area contributed by atoms with E-state index in [9.17, 15) is 0 Å². The standard InChI is InChI=1S/C12H19N3.2C2H2O4/c1-15-8-4-12(5-9-15)14-10-11-2-6-13-7-3-11;2*3-1(4)2(5)6/h2-3,6-7,12,14H,4-5,8-10H2,1H3;2*(H,3,4)(H,5,6). The molecule has 150 valence electrons. The van der Waals surface area contributed by atoms with E-state index in [2.05, 4.69) is 34.4 Å². The summed E-state index contributed by atoms with van der Waals surface area (Å²) in [6.45, 7) is 3.40. The van der Waals surface area contributed by atoms with Crippen LogP contribution in [0.2, 0.25) is 0 Å². The number of nitrogens with one attached hydrogen (secondary N) is 1. The van der Waals surface area contributed by atoms with Crippen molar-refractivity contribution >= 4 is 23.9 Å². The van der Waals surface area contributed by atoms with E-state index in [1.807, 2.05) is 12.4 Å². The first-order valence-corrected chi connectivity index (χ1v) is 7.86. The lowest BCUT2D eigenvalue weighted by Gasteiger charge is -2.29. The fraction of sp³-hybridized carbons (Fsp3) is 0.438. The summed E-state index contributed by atoms with van der Waals surface area (Å²) in [5.41, 5.74) is 1.32. The van der Waals surface area contributed by atoms with Crippen molar-refractivity contribution in [3.05, 3.63) is 30.1 Å². The predicted molar refractivity (Wildman–Crippen MR) is 92.1 cm³/mol. The summed E-state index contributed by atoms with van der Waals surface area (Å²) in [5, 5.41) is 33.2. The molecule has 1 saturated heterocycles. The Bertz CT molecular complexity index is 567. The third-order valence-electron chi connectivity index (χ3n) is 3.43. The first-order chi connectivity index (χ1) is 12.6. The molecule has 1 aromatic rings. The van der Waals surface area contributed by atoms with Gasteiger partial charge in [0.15, 0.2) is 0 Å². The van der Waals surface area contributed by atoms with Crippen LogP contribution in [-0.4, -0.2) is 80.4 Å². The summed E-state index contributed by atoms with van der Waals surface area (Å²) >= 11 is 0. The van der Waals surface area contributed by atoms with Gasteiger partial charge in [-0.05, 0) is 50.7 Å². The van der Waals surface area contributed by atoms with Gasteiger partial charge in [0.25, 0.3) is 0 Å². The summed E-state index contributed by atoms with van der Waals surface area (Å²) in [5.74, 6) is -7.30. The van der Waals surface area contributed by atoms with Crippen molar-refractivity contribution in [2.75, 3.05) is 20.1 Å². The van der Waals surface area contributed by atoms with Gasteiger partial charge in [0, 0.05) is 25.0 Å². The number of nitrogens with zero attached hydrogens (tertiary/aromatic N) is 2. The van der Waals surface area contributed by atoms with Crippen molar-refractivity contribution in [3.63, 3.8) is 0 Å². The molecule has 11 nitrogen and oxygen atoms in total. The third-order valence-corrected chi connectivity index (χ3v) is 3.43. The molecule has 0 radical (unpaired) electrons. The van der Waals surface area contributed by atoms with Crippen molar-refractivity contribution in [1.82, 2.24) is 15.2 Å². The summed E-state index contributed by atoms with van der Waals surface area (Å²) in [7, 11) is 2.19. The molecule has 0 bridgehead atoms. The zero-order valence-electron chi connectivity index (χ0n) is 14.7. The van der Waals surface area contributed by atoms with Crippen LogP contribution >= 0.6 is 0 Å². The largest absolute Gasteiger partial charge is 0.473 e. The topological polar surface area (TPSA) is 177 Å². The molecule has 0 spiro atoms. The van der Waals surface area contributed by atoms with E-state index in [4.69, 9.17) is 39.6 Å². The summed E-state index contributed by atoms with van der Waals surface area (Å²) in [6, 6.07) is 4.83. The summed E-state index contributed by atoms with van der Waals surface area (Å²) in [4.78, 5) is 42.8. The number of aromatic nitrogens is 1.